The van der Waals surface area contributed by atoms with Crippen molar-refractivity contribution >= 4 is 15.9 Å². The van der Waals surface area contributed by atoms with E-state index in [1.165, 1.54) is 12.1 Å². The second-order valence-corrected chi connectivity index (χ2v) is 5.13. The maximum atomic E-state index is 13.7. The van der Waals surface area contributed by atoms with E-state index in [2.05, 4.69) is 15.9 Å². The molecular formula is C13H13BrF2O. The van der Waals surface area contributed by atoms with Crippen LogP contribution in [0.15, 0.2) is 28.3 Å². The van der Waals surface area contributed by atoms with Crippen LogP contribution in [-0.4, -0.2) is 5.11 Å². The quantitative estimate of drug-likeness (QED) is 0.809. The van der Waals surface area contributed by atoms with Crippen LogP contribution in [0.1, 0.15) is 37.4 Å². The predicted molar refractivity (Wildman–Crippen MR) is 65.6 cm³/mol. The summed E-state index contributed by atoms with van der Waals surface area (Å²) in [6.07, 6.45) is 4.32. The lowest BCUT2D eigenvalue weighted by molar-refractivity contribution is 0.197. The third-order valence-electron chi connectivity index (χ3n) is 2.99. The summed E-state index contributed by atoms with van der Waals surface area (Å²) in [6, 6.07) is 2.34. The number of aliphatic hydroxyl groups is 1. The van der Waals surface area contributed by atoms with E-state index in [4.69, 9.17) is 0 Å². The van der Waals surface area contributed by atoms with Crippen LogP contribution in [0.4, 0.5) is 8.78 Å². The van der Waals surface area contributed by atoms with Crippen molar-refractivity contribution in [1.82, 2.24) is 0 Å². The van der Waals surface area contributed by atoms with Gasteiger partial charge in [-0.2, -0.15) is 0 Å². The summed E-state index contributed by atoms with van der Waals surface area (Å²) in [5.41, 5.74) is 0.470. The molecule has 1 atom stereocenters. The van der Waals surface area contributed by atoms with Gasteiger partial charge in [0.25, 0.3) is 0 Å². The van der Waals surface area contributed by atoms with E-state index in [1.807, 2.05) is 6.08 Å². The minimum Gasteiger partial charge on any atom is -0.384 e. The molecule has 1 aromatic carbocycles. The first-order chi connectivity index (χ1) is 8.09. The van der Waals surface area contributed by atoms with Crippen LogP contribution in [0.3, 0.4) is 0 Å². The Balaban J connectivity index is 2.36. The molecule has 17 heavy (non-hydrogen) atoms. The maximum Gasteiger partial charge on any atom is 0.133 e. The van der Waals surface area contributed by atoms with E-state index < -0.39 is 17.7 Å². The fraction of sp³-hybridized carbons (Fsp3) is 0.385. The summed E-state index contributed by atoms with van der Waals surface area (Å²) >= 11 is 3.02. The van der Waals surface area contributed by atoms with E-state index in [0.717, 1.165) is 24.8 Å². The molecule has 0 amide bonds. The zero-order chi connectivity index (χ0) is 12.4. The van der Waals surface area contributed by atoms with Crippen LogP contribution in [0.25, 0.3) is 0 Å². The molecule has 1 aliphatic carbocycles. The Morgan fingerprint density at radius 3 is 2.35 bits per heavy atom. The number of aliphatic hydroxyl groups excluding tert-OH is 1. The monoisotopic (exact) mass is 302 g/mol. The van der Waals surface area contributed by atoms with Gasteiger partial charge in [0.05, 0.1) is 5.56 Å². The Morgan fingerprint density at radius 2 is 1.82 bits per heavy atom. The van der Waals surface area contributed by atoms with Gasteiger partial charge in [0.15, 0.2) is 0 Å². The fourth-order valence-corrected chi connectivity index (χ4v) is 2.51. The van der Waals surface area contributed by atoms with Crippen molar-refractivity contribution in [3.63, 3.8) is 0 Å². The molecule has 0 bridgehead atoms. The average molecular weight is 303 g/mol. The van der Waals surface area contributed by atoms with Crippen molar-refractivity contribution in [2.24, 2.45) is 0 Å². The molecule has 1 N–H and O–H groups in total. The van der Waals surface area contributed by atoms with Gasteiger partial charge < -0.3 is 5.11 Å². The molecule has 0 aliphatic heterocycles. The number of hydrogen-bond acceptors (Lipinski definition) is 1. The van der Waals surface area contributed by atoms with Gasteiger partial charge in [-0.1, -0.05) is 22.0 Å². The Hall–Kier alpha value is -0.740. The summed E-state index contributed by atoms with van der Waals surface area (Å²) in [4.78, 5) is 0. The maximum absolute atomic E-state index is 13.7. The summed E-state index contributed by atoms with van der Waals surface area (Å²) < 4.78 is 27.7. The van der Waals surface area contributed by atoms with E-state index in [1.54, 1.807) is 0 Å². The number of rotatable bonds is 2. The molecule has 4 heteroatoms. The third kappa shape index (κ3) is 2.75. The van der Waals surface area contributed by atoms with Crippen molar-refractivity contribution < 1.29 is 13.9 Å². The van der Waals surface area contributed by atoms with Crippen molar-refractivity contribution in [3.05, 3.63) is 45.5 Å². The Labute approximate surface area is 107 Å². The van der Waals surface area contributed by atoms with Crippen LogP contribution in [0.5, 0.6) is 0 Å². The molecule has 0 heterocycles. The van der Waals surface area contributed by atoms with Crippen LogP contribution in [0, 0.1) is 11.6 Å². The normalized spacial score (nSPS) is 17.8. The van der Waals surface area contributed by atoms with Crippen LogP contribution < -0.4 is 0 Å². The van der Waals surface area contributed by atoms with E-state index in [-0.39, 0.29) is 5.56 Å². The molecule has 1 aliphatic rings. The summed E-state index contributed by atoms with van der Waals surface area (Å²) in [7, 11) is 0. The van der Waals surface area contributed by atoms with Crippen molar-refractivity contribution in [2.45, 2.75) is 31.8 Å². The van der Waals surface area contributed by atoms with Gasteiger partial charge in [0.1, 0.15) is 17.7 Å². The van der Waals surface area contributed by atoms with E-state index in [0.29, 0.717) is 10.9 Å². The molecule has 1 nitrogen and oxygen atoms in total. The first-order valence-corrected chi connectivity index (χ1v) is 6.40. The van der Waals surface area contributed by atoms with Gasteiger partial charge in [-0.15, -0.1) is 0 Å². The van der Waals surface area contributed by atoms with Crippen LogP contribution in [0.2, 0.25) is 0 Å². The standard InChI is InChI=1S/C13H13BrF2O/c14-9-6-10(15)12(11(16)7-9)13(17)8-4-2-1-3-5-8/h4,6-7,13,17H,1-3,5H2. The average Bonchev–Trinajstić information content (AvgIpc) is 2.28. The lowest BCUT2D eigenvalue weighted by Crippen LogP contribution is -2.09. The van der Waals surface area contributed by atoms with Crippen molar-refractivity contribution in [2.75, 3.05) is 0 Å². The summed E-state index contributed by atoms with van der Waals surface area (Å²) in [5.74, 6) is -1.42. The fourth-order valence-electron chi connectivity index (χ4n) is 2.11. The highest BCUT2D eigenvalue weighted by molar-refractivity contribution is 9.10. The van der Waals surface area contributed by atoms with Gasteiger partial charge in [0, 0.05) is 4.47 Å². The number of halogens is 3. The molecule has 92 valence electrons. The third-order valence-corrected chi connectivity index (χ3v) is 3.45. The minimum absolute atomic E-state index is 0.249. The van der Waals surface area contributed by atoms with Crippen molar-refractivity contribution in [1.29, 1.82) is 0 Å². The van der Waals surface area contributed by atoms with Gasteiger partial charge in [-0.05, 0) is 43.4 Å². The molecule has 2 rings (SSSR count). The second-order valence-electron chi connectivity index (χ2n) is 4.21. The Kier molecular flexibility index (Phi) is 3.94. The molecule has 1 aromatic rings. The first kappa shape index (κ1) is 12.7. The highest BCUT2D eigenvalue weighted by atomic mass is 79.9. The Morgan fingerprint density at radius 1 is 1.18 bits per heavy atom. The van der Waals surface area contributed by atoms with Crippen molar-refractivity contribution in [3.8, 4) is 0 Å². The zero-order valence-electron chi connectivity index (χ0n) is 9.22. The molecule has 0 fully saturated rings. The molecule has 1 unspecified atom stereocenters. The molecule has 0 radical (unpaired) electrons. The Bertz CT molecular complexity index is 434. The van der Waals surface area contributed by atoms with Gasteiger partial charge in [-0.3, -0.25) is 0 Å². The molecule has 0 saturated carbocycles. The first-order valence-electron chi connectivity index (χ1n) is 5.61. The SMILES string of the molecule is OC(C1=CCCCC1)c1c(F)cc(Br)cc1F. The lowest BCUT2D eigenvalue weighted by atomic mass is 9.91. The van der Waals surface area contributed by atoms with Gasteiger partial charge in [0.2, 0.25) is 0 Å². The molecule has 0 aromatic heterocycles. The number of benzene rings is 1. The molecule has 0 saturated heterocycles. The predicted octanol–water partition coefficient (Wildman–Crippen LogP) is 4.26. The summed E-state index contributed by atoms with van der Waals surface area (Å²) in [6.45, 7) is 0. The minimum atomic E-state index is -1.16. The van der Waals surface area contributed by atoms with E-state index in [9.17, 15) is 13.9 Å². The highest BCUT2D eigenvalue weighted by Crippen LogP contribution is 2.33. The van der Waals surface area contributed by atoms with Gasteiger partial charge in [-0.25, -0.2) is 8.78 Å². The largest absolute Gasteiger partial charge is 0.384 e. The van der Waals surface area contributed by atoms with Gasteiger partial charge >= 0.3 is 0 Å². The lowest BCUT2D eigenvalue weighted by Gasteiger charge is -2.20. The topological polar surface area (TPSA) is 20.2 Å². The molecule has 0 spiro atoms. The van der Waals surface area contributed by atoms with Crippen LogP contribution in [-0.2, 0) is 0 Å². The molecular weight excluding hydrogens is 290 g/mol. The smallest absolute Gasteiger partial charge is 0.133 e. The number of hydrogen-bond donors (Lipinski definition) is 1. The zero-order valence-corrected chi connectivity index (χ0v) is 10.8. The number of allylic oxidation sites excluding steroid dienone is 1. The van der Waals surface area contributed by atoms with Crippen LogP contribution >= 0.6 is 15.9 Å². The van der Waals surface area contributed by atoms with E-state index >= 15 is 0 Å². The second kappa shape index (κ2) is 5.27. The highest BCUT2D eigenvalue weighted by Gasteiger charge is 2.22. The summed E-state index contributed by atoms with van der Waals surface area (Å²) in [5, 5.41) is 10.0.